The molecule has 1 unspecified atom stereocenters. The second-order valence-corrected chi connectivity index (χ2v) is 11.7. The molecule has 0 aliphatic carbocycles. The standard InChI is InChI=1S/C28H27F2N5O4S2/c1-14(22-9-16(13-40-22)25(31)32)34-27(38)20-10-17(39-28(29)30)12-35(20)24(36)11-33-26(37)15-6-7-19-18-4-2-3-5-21(18)41-23(19)8-15/h2-9,13-14,17,20,28H,10-12H2,1H3,(H3,31,32)(H,33,37)(H,34,38)/t14?,17-,20+/m1/s1. The van der Waals surface area contributed by atoms with Crippen LogP contribution >= 0.6 is 22.7 Å². The summed E-state index contributed by atoms with van der Waals surface area (Å²) < 4.78 is 32.6. The number of halogens is 2. The highest BCUT2D eigenvalue weighted by atomic mass is 32.1. The summed E-state index contributed by atoms with van der Waals surface area (Å²) in [5.41, 5.74) is 6.42. The van der Waals surface area contributed by atoms with Crippen LogP contribution in [0.1, 0.15) is 40.2 Å². The van der Waals surface area contributed by atoms with Crippen molar-refractivity contribution in [1.29, 1.82) is 5.41 Å². The van der Waals surface area contributed by atoms with Crippen molar-refractivity contribution in [3.05, 3.63) is 69.9 Å². The van der Waals surface area contributed by atoms with Crippen LogP contribution in [0.2, 0.25) is 0 Å². The molecule has 9 nitrogen and oxygen atoms in total. The van der Waals surface area contributed by atoms with E-state index in [2.05, 4.69) is 15.4 Å². The summed E-state index contributed by atoms with van der Waals surface area (Å²) in [5.74, 6) is -1.70. The minimum Gasteiger partial charge on any atom is -0.384 e. The molecule has 1 saturated heterocycles. The molecule has 41 heavy (non-hydrogen) atoms. The zero-order valence-electron chi connectivity index (χ0n) is 21.9. The maximum absolute atomic E-state index is 13.2. The number of amides is 3. The third kappa shape index (κ3) is 6.21. The zero-order valence-corrected chi connectivity index (χ0v) is 23.5. The Labute approximate surface area is 241 Å². The highest BCUT2D eigenvalue weighted by Gasteiger charge is 2.41. The number of ether oxygens (including phenoxy) is 1. The van der Waals surface area contributed by atoms with Gasteiger partial charge in [-0.3, -0.25) is 19.8 Å². The van der Waals surface area contributed by atoms with Crippen molar-refractivity contribution < 1.29 is 27.9 Å². The summed E-state index contributed by atoms with van der Waals surface area (Å²) in [6.45, 7) is -1.96. The van der Waals surface area contributed by atoms with E-state index in [1.54, 1.807) is 41.8 Å². The molecule has 2 aromatic carbocycles. The minimum absolute atomic E-state index is 0.101. The molecule has 13 heteroatoms. The van der Waals surface area contributed by atoms with E-state index in [4.69, 9.17) is 11.1 Å². The predicted molar refractivity (Wildman–Crippen MR) is 155 cm³/mol. The number of rotatable bonds is 9. The van der Waals surface area contributed by atoms with Gasteiger partial charge in [-0.15, -0.1) is 22.7 Å². The van der Waals surface area contributed by atoms with E-state index in [0.29, 0.717) is 11.1 Å². The van der Waals surface area contributed by atoms with Gasteiger partial charge in [-0.05, 0) is 31.2 Å². The van der Waals surface area contributed by atoms with Crippen LogP contribution in [0.3, 0.4) is 0 Å². The lowest BCUT2D eigenvalue weighted by molar-refractivity contribution is -0.160. The Morgan fingerprint density at radius 3 is 2.61 bits per heavy atom. The topological polar surface area (TPSA) is 138 Å². The van der Waals surface area contributed by atoms with Crippen molar-refractivity contribution in [3.63, 3.8) is 0 Å². The number of alkyl halides is 2. The van der Waals surface area contributed by atoms with Gasteiger partial charge in [0.05, 0.1) is 18.7 Å². The first-order valence-corrected chi connectivity index (χ1v) is 14.5. The smallest absolute Gasteiger partial charge is 0.345 e. The van der Waals surface area contributed by atoms with E-state index in [1.165, 1.54) is 16.2 Å². The fourth-order valence-electron chi connectivity index (χ4n) is 4.89. The highest BCUT2D eigenvalue weighted by molar-refractivity contribution is 7.25. The maximum Gasteiger partial charge on any atom is 0.345 e. The van der Waals surface area contributed by atoms with Crippen molar-refractivity contribution in [3.8, 4) is 0 Å². The van der Waals surface area contributed by atoms with E-state index < -0.39 is 49.1 Å². The van der Waals surface area contributed by atoms with Crippen molar-refractivity contribution in [2.24, 2.45) is 5.73 Å². The number of nitrogens with two attached hydrogens (primary N) is 1. The van der Waals surface area contributed by atoms with E-state index in [1.807, 2.05) is 30.3 Å². The van der Waals surface area contributed by atoms with Gasteiger partial charge in [-0.25, -0.2) is 0 Å². The van der Waals surface area contributed by atoms with Crippen LogP contribution in [0.4, 0.5) is 8.78 Å². The largest absolute Gasteiger partial charge is 0.384 e. The maximum atomic E-state index is 13.2. The molecule has 1 aliphatic rings. The van der Waals surface area contributed by atoms with E-state index in [9.17, 15) is 23.2 Å². The van der Waals surface area contributed by atoms with Gasteiger partial charge < -0.3 is 26.0 Å². The molecule has 1 fully saturated rings. The van der Waals surface area contributed by atoms with Crippen molar-refractivity contribution >= 4 is 66.4 Å². The van der Waals surface area contributed by atoms with Gasteiger partial charge in [0.1, 0.15) is 11.9 Å². The van der Waals surface area contributed by atoms with Crippen molar-refractivity contribution in [2.75, 3.05) is 13.1 Å². The van der Waals surface area contributed by atoms with Gasteiger partial charge in [0, 0.05) is 54.5 Å². The number of nitrogen functional groups attached to an aromatic ring is 1. The summed E-state index contributed by atoms with van der Waals surface area (Å²) in [7, 11) is 0. The average molecular weight is 600 g/mol. The first-order valence-electron chi connectivity index (χ1n) is 12.8. The molecule has 0 radical (unpaired) electrons. The van der Waals surface area contributed by atoms with Crippen LogP contribution < -0.4 is 16.4 Å². The second kappa shape index (κ2) is 11.9. The fourth-order valence-corrected chi connectivity index (χ4v) is 6.96. The van der Waals surface area contributed by atoms with Gasteiger partial charge in [0.2, 0.25) is 11.8 Å². The molecule has 3 amide bonds. The molecule has 5 rings (SSSR count). The number of fused-ring (bicyclic) bond motifs is 3. The number of carbonyl (C=O) groups excluding carboxylic acids is 3. The van der Waals surface area contributed by atoms with Crippen LogP contribution in [0.5, 0.6) is 0 Å². The van der Waals surface area contributed by atoms with Crippen molar-refractivity contribution in [2.45, 2.75) is 38.1 Å². The summed E-state index contributed by atoms with van der Waals surface area (Å²) in [6, 6.07) is 13.4. The Morgan fingerprint density at radius 1 is 1.12 bits per heavy atom. The molecular weight excluding hydrogens is 572 g/mol. The Balaban J connectivity index is 1.25. The van der Waals surface area contributed by atoms with Crippen molar-refractivity contribution in [1.82, 2.24) is 15.5 Å². The summed E-state index contributed by atoms with van der Waals surface area (Å²) >= 11 is 2.87. The lowest BCUT2D eigenvalue weighted by Gasteiger charge is -2.25. The molecule has 0 spiro atoms. The van der Waals surface area contributed by atoms with Gasteiger partial charge in [-0.1, -0.05) is 24.3 Å². The molecule has 214 valence electrons. The molecule has 3 atom stereocenters. The Morgan fingerprint density at radius 2 is 1.88 bits per heavy atom. The second-order valence-electron chi connectivity index (χ2n) is 9.69. The van der Waals surface area contributed by atoms with Gasteiger partial charge >= 0.3 is 6.61 Å². The summed E-state index contributed by atoms with van der Waals surface area (Å²) in [5, 5.41) is 16.8. The van der Waals surface area contributed by atoms with E-state index >= 15 is 0 Å². The molecule has 5 N–H and O–H groups in total. The first-order chi connectivity index (χ1) is 19.6. The number of carbonyl (C=O) groups is 3. The predicted octanol–water partition coefficient (Wildman–Crippen LogP) is 4.22. The van der Waals surface area contributed by atoms with Crippen LogP contribution in [0.25, 0.3) is 20.2 Å². The van der Waals surface area contributed by atoms with Crippen LogP contribution in [-0.2, 0) is 14.3 Å². The van der Waals surface area contributed by atoms with Crippen LogP contribution in [0.15, 0.2) is 53.9 Å². The minimum atomic E-state index is -3.06. The highest BCUT2D eigenvalue weighted by Crippen LogP contribution is 2.34. The number of hydrogen-bond acceptors (Lipinski definition) is 7. The number of nitrogens with zero attached hydrogens (tertiary/aromatic N) is 1. The average Bonchev–Trinajstić information content (AvgIpc) is 3.68. The molecule has 2 aromatic heterocycles. The molecule has 0 bridgehead atoms. The van der Waals surface area contributed by atoms with E-state index in [0.717, 1.165) is 25.0 Å². The quantitative estimate of drug-likeness (QED) is 0.169. The molecule has 4 aromatic rings. The SMILES string of the molecule is CC(NC(=O)[C@@H]1C[C@@H](OC(F)F)CN1C(=O)CNC(=O)c1ccc2c(c1)sc1ccccc12)c1cc(C(=N)N)cs1. The number of thiophene rings is 2. The molecular formula is C28H27F2N5O4S2. The zero-order chi connectivity index (χ0) is 29.3. The fraction of sp³-hybridized carbons (Fsp3) is 0.286. The molecule has 0 saturated carbocycles. The monoisotopic (exact) mass is 599 g/mol. The third-order valence-electron chi connectivity index (χ3n) is 6.94. The lowest BCUT2D eigenvalue weighted by Crippen LogP contribution is -2.49. The number of amidine groups is 1. The lowest BCUT2D eigenvalue weighted by atomic mass is 10.1. The Hall–Kier alpha value is -3.94. The Bertz CT molecular complexity index is 1640. The van der Waals surface area contributed by atoms with Gasteiger partial charge in [0.25, 0.3) is 5.91 Å². The third-order valence-corrected chi connectivity index (χ3v) is 9.19. The molecule has 1 aliphatic heterocycles. The molecule has 3 heterocycles. The van der Waals surface area contributed by atoms with Gasteiger partial charge in [0.15, 0.2) is 0 Å². The van der Waals surface area contributed by atoms with E-state index in [-0.39, 0.29) is 18.8 Å². The number of nitrogens with one attached hydrogen (secondary N) is 3. The first kappa shape index (κ1) is 28.6. The summed E-state index contributed by atoms with van der Waals surface area (Å²) in [4.78, 5) is 41.1. The Kier molecular flexibility index (Phi) is 8.29. The normalized spacial score (nSPS) is 17.7. The number of hydrogen-bond donors (Lipinski definition) is 4. The number of benzene rings is 2. The van der Waals surface area contributed by atoms with Crippen LogP contribution in [0, 0.1) is 5.41 Å². The van der Waals surface area contributed by atoms with Gasteiger partial charge in [-0.2, -0.15) is 8.78 Å². The van der Waals surface area contributed by atoms with Crippen LogP contribution in [-0.4, -0.2) is 60.3 Å². The number of likely N-dealkylation sites (tertiary alicyclic amines) is 1. The summed E-state index contributed by atoms with van der Waals surface area (Å²) in [6.07, 6.45) is -1.16.